The number of aromatic nitrogens is 3. The molecule has 3 N–H and O–H groups in total. The molecular weight excluding hydrogens is 480 g/mol. The van der Waals surface area contributed by atoms with Crippen LogP contribution in [0, 0.1) is 11.6 Å². The molecule has 2 heterocycles. The number of unbranched alkanes of at least 4 members (excludes halogenated alkanes) is 1. The van der Waals surface area contributed by atoms with Gasteiger partial charge in [0.15, 0.2) is 0 Å². The maximum atomic E-state index is 13.7. The largest absolute Gasteiger partial charge is 0.487 e. The van der Waals surface area contributed by atoms with E-state index in [1.165, 1.54) is 36.1 Å². The monoisotopic (exact) mass is 509 g/mol. The van der Waals surface area contributed by atoms with Crippen LogP contribution in [0.15, 0.2) is 59.3 Å². The van der Waals surface area contributed by atoms with Crippen LogP contribution in [0.4, 0.5) is 8.78 Å². The van der Waals surface area contributed by atoms with Gasteiger partial charge < -0.3 is 24.4 Å². The van der Waals surface area contributed by atoms with Crippen molar-refractivity contribution in [2.75, 3.05) is 6.61 Å². The molecule has 37 heavy (non-hydrogen) atoms. The number of aryl methyl sites for hydroxylation is 2. The first-order chi connectivity index (χ1) is 18.0. The van der Waals surface area contributed by atoms with Crippen molar-refractivity contribution in [1.82, 2.24) is 15.0 Å². The zero-order valence-electron chi connectivity index (χ0n) is 20.2. The van der Waals surface area contributed by atoms with Gasteiger partial charge in [0.05, 0.1) is 12.7 Å². The molecule has 0 aliphatic heterocycles. The lowest BCUT2D eigenvalue weighted by atomic mass is 10.1. The minimum Gasteiger partial charge on any atom is -0.487 e. The molecule has 4 rings (SSSR count). The minimum absolute atomic E-state index is 0.221. The highest BCUT2D eigenvalue weighted by Gasteiger charge is 2.08. The van der Waals surface area contributed by atoms with E-state index in [1.54, 1.807) is 6.20 Å². The summed E-state index contributed by atoms with van der Waals surface area (Å²) in [5.74, 6) is 0.418. The van der Waals surface area contributed by atoms with E-state index in [0.29, 0.717) is 23.8 Å². The van der Waals surface area contributed by atoms with Gasteiger partial charge in [-0.1, -0.05) is 12.1 Å². The van der Waals surface area contributed by atoms with Crippen molar-refractivity contribution in [3.63, 3.8) is 0 Å². The number of rotatable bonds is 13. The lowest BCUT2D eigenvalue weighted by Gasteiger charge is -2.07. The number of aliphatic hydroxyl groups is 2. The summed E-state index contributed by atoms with van der Waals surface area (Å²) in [5.41, 5.74) is 3.01. The van der Waals surface area contributed by atoms with Gasteiger partial charge in [-0.05, 0) is 61.6 Å². The fourth-order valence-corrected chi connectivity index (χ4v) is 3.78. The standard InChI is InChI=1S/C28H29F2N3O4/c29-21-10-8-20(26(30)13-21)9-11-28-33-23(18-37-28)17-36-25-7-3-5-19(12-25)4-1-2-6-22-15-31-27(32-22)14-24(35)16-34/h3,5,7-13,15,18,24,34-35H,1-2,4,6,14,16-17H2,(H,31,32)/b11-9+. The lowest BCUT2D eigenvalue weighted by molar-refractivity contribution is 0.0940. The highest BCUT2D eigenvalue weighted by Crippen LogP contribution is 2.18. The number of oxazole rings is 1. The normalized spacial score (nSPS) is 12.3. The first kappa shape index (κ1) is 26.2. The zero-order valence-corrected chi connectivity index (χ0v) is 20.2. The molecule has 194 valence electrons. The molecule has 0 fully saturated rings. The van der Waals surface area contributed by atoms with E-state index in [-0.39, 0.29) is 18.8 Å². The Kier molecular flexibility index (Phi) is 9.18. The number of hydrogen-bond acceptors (Lipinski definition) is 6. The van der Waals surface area contributed by atoms with Crippen molar-refractivity contribution < 1.29 is 28.1 Å². The van der Waals surface area contributed by atoms with Crippen LogP contribution in [0.5, 0.6) is 5.75 Å². The second kappa shape index (κ2) is 12.9. The number of nitrogens with one attached hydrogen (secondary N) is 1. The van der Waals surface area contributed by atoms with Crippen molar-refractivity contribution >= 4 is 12.2 Å². The van der Waals surface area contributed by atoms with Gasteiger partial charge in [0, 0.05) is 36.0 Å². The molecule has 1 unspecified atom stereocenters. The second-order valence-electron chi connectivity index (χ2n) is 8.72. The summed E-state index contributed by atoms with van der Waals surface area (Å²) in [4.78, 5) is 11.7. The van der Waals surface area contributed by atoms with Gasteiger partial charge in [-0.3, -0.25) is 0 Å². The van der Waals surface area contributed by atoms with Gasteiger partial charge in [-0.25, -0.2) is 18.7 Å². The number of imidazole rings is 1. The molecule has 0 aliphatic carbocycles. The summed E-state index contributed by atoms with van der Waals surface area (Å²) in [7, 11) is 0. The Hall–Kier alpha value is -3.82. The first-order valence-corrected chi connectivity index (χ1v) is 12.1. The number of H-pyrrole nitrogens is 1. The summed E-state index contributed by atoms with van der Waals surface area (Å²) in [6, 6.07) is 11.3. The van der Waals surface area contributed by atoms with Crippen LogP contribution in [0.3, 0.4) is 0 Å². The van der Waals surface area contributed by atoms with Crippen molar-refractivity contribution in [1.29, 1.82) is 0 Å². The summed E-state index contributed by atoms with van der Waals surface area (Å²) >= 11 is 0. The molecule has 0 aliphatic rings. The summed E-state index contributed by atoms with van der Waals surface area (Å²) in [5, 5.41) is 18.4. The number of ether oxygens (including phenoxy) is 1. The van der Waals surface area contributed by atoms with Crippen LogP contribution in [0.25, 0.3) is 12.2 Å². The van der Waals surface area contributed by atoms with Crippen molar-refractivity contribution in [2.45, 2.75) is 44.8 Å². The number of aromatic amines is 1. The van der Waals surface area contributed by atoms with Crippen LogP contribution in [0.1, 0.15) is 47.1 Å². The maximum absolute atomic E-state index is 13.7. The molecule has 2 aromatic heterocycles. The average molecular weight is 510 g/mol. The number of nitrogens with zero attached hydrogens (tertiary/aromatic N) is 2. The molecule has 0 bridgehead atoms. The molecule has 0 radical (unpaired) electrons. The van der Waals surface area contributed by atoms with Crippen LogP contribution in [-0.4, -0.2) is 37.9 Å². The smallest absolute Gasteiger partial charge is 0.218 e. The van der Waals surface area contributed by atoms with Gasteiger partial charge in [0.25, 0.3) is 0 Å². The van der Waals surface area contributed by atoms with E-state index in [0.717, 1.165) is 43.2 Å². The molecule has 2 aromatic carbocycles. The molecule has 0 saturated carbocycles. The Morgan fingerprint density at radius 3 is 2.78 bits per heavy atom. The lowest BCUT2D eigenvalue weighted by Crippen LogP contribution is -2.15. The second-order valence-corrected chi connectivity index (χ2v) is 8.72. The Labute approximate surface area is 213 Å². The summed E-state index contributed by atoms with van der Waals surface area (Å²) in [6.45, 7) is -0.0597. The third kappa shape index (κ3) is 8.09. The molecule has 7 nitrogen and oxygen atoms in total. The van der Waals surface area contributed by atoms with Gasteiger partial charge in [-0.15, -0.1) is 0 Å². The van der Waals surface area contributed by atoms with Gasteiger partial charge in [0.2, 0.25) is 5.89 Å². The predicted molar refractivity (Wildman–Crippen MR) is 135 cm³/mol. The molecule has 9 heteroatoms. The number of hydrogen-bond donors (Lipinski definition) is 3. The van der Waals surface area contributed by atoms with E-state index >= 15 is 0 Å². The highest BCUT2D eigenvalue weighted by atomic mass is 19.1. The summed E-state index contributed by atoms with van der Waals surface area (Å²) in [6.07, 6.45) is 9.49. The third-order valence-electron chi connectivity index (χ3n) is 5.71. The molecule has 0 amide bonds. The van der Waals surface area contributed by atoms with Crippen molar-refractivity contribution in [3.8, 4) is 5.75 Å². The Balaban J connectivity index is 1.21. The molecule has 0 spiro atoms. The van der Waals surface area contributed by atoms with Crippen LogP contribution >= 0.6 is 0 Å². The van der Waals surface area contributed by atoms with E-state index in [1.807, 2.05) is 18.2 Å². The number of aliphatic hydroxyl groups excluding tert-OH is 2. The Morgan fingerprint density at radius 1 is 1.08 bits per heavy atom. The van der Waals surface area contributed by atoms with Crippen LogP contribution in [0.2, 0.25) is 0 Å². The topological polar surface area (TPSA) is 104 Å². The van der Waals surface area contributed by atoms with E-state index in [4.69, 9.17) is 14.3 Å². The van der Waals surface area contributed by atoms with Crippen molar-refractivity contribution in [3.05, 3.63) is 101 Å². The molecular formula is C28H29F2N3O4. The molecule has 4 aromatic rings. The van der Waals surface area contributed by atoms with E-state index in [9.17, 15) is 13.9 Å². The maximum Gasteiger partial charge on any atom is 0.218 e. The van der Waals surface area contributed by atoms with Crippen LogP contribution in [-0.2, 0) is 25.9 Å². The quantitative estimate of drug-likeness (QED) is 0.222. The minimum atomic E-state index is -0.796. The fraction of sp³-hybridized carbons (Fsp3) is 0.286. The molecule has 1 atom stereocenters. The van der Waals surface area contributed by atoms with Crippen molar-refractivity contribution in [2.24, 2.45) is 0 Å². The van der Waals surface area contributed by atoms with Gasteiger partial charge in [-0.2, -0.15) is 0 Å². The van der Waals surface area contributed by atoms with Crippen LogP contribution < -0.4 is 4.74 Å². The number of halogens is 2. The summed E-state index contributed by atoms with van der Waals surface area (Å²) < 4.78 is 38.0. The fourth-order valence-electron chi connectivity index (χ4n) is 3.78. The first-order valence-electron chi connectivity index (χ1n) is 12.1. The van der Waals surface area contributed by atoms with Gasteiger partial charge in [0.1, 0.15) is 41.8 Å². The van der Waals surface area contributed by atoms with Gasteiger partial charge >= 0.3 is 0 Å². The Morgan fingerprint density at radius 2 is 1.95 bits per heavy atom. The predicted octanol–water partition coefficient (Wildman–Crippen LogP) is 4.89. The molecule has 0 saturated heterocycles. The van der Waals surface area contributed by atoms with E-state index in [2.05, 4.69) is 21.0 Å². The third-order valence-corrected chi connectivity index (χ3v) is 5.71. The SMILES string of the molecule is OCC(O)Cc1ncc(CCCCc2cccc(OCc3coc(/C=C/c4ccc(F)cc4F)n3)c2)[nH]1. The number of benzene rings is 2. The van der Waals surface area contributed by atoms with E-state index < -0.39 is 17.7 Å². The zero-order chi connectivity index (χ0) is 26.0. The Bertz CT molecular complexity index is 1320. The average Bonchev–Trinajstić information content (AvgIpc) is 3.54. The highest BCUT2D eigenvalue weighted by molar-refractivity contribution is 5.66.